The molecule has 5 heteroatoms. The van der Waals surface area contributed by atoms with Crippen LogP contribution in [0.2, 0.25) is 0 Å². The van der Waals surface area contributed by atoms with E-state index in [0.717, 1.165) is 21.4 Å². The number of rotatable bonds is 3. The Labute approximate surface area is 110 Å². The normalized spacial score (nSPS) is 13.3. The molecule has 0 saturated heterocycles. The van der Waals surface area contributed by atoms with Gasteiger partial charge in [-0.15, -0.1) is 22.7 Å². The Balaban J connectivity index is 2.33. The van der Waals surface area contributed by atoms with E-state index in [1.54, 1.807) is 22.7 Å². The van der Waals surface area contributed by atoms with Gasteiger partial charge >= 0.3 is 0 Å². The molecule has 2 N–H and O–H groups in total. The molecular weight excluding hydrogens is 250 g/mol. The summed E-state index contributed by atoms with van der Waals surface area (Å²) in [5.41, 5.74) is 8.07. The molecule has 17 heavy (non-hydrogen) atoms. The molecule has 0 amide bonds. The minimum Gasteiger partial charge on any atom is -0.322 e. The zero-order valence-corrected chi connectivity index (χ0v) is 12.2. The van der Waals surface area contributed by atoms with Crippen LogP contribution in [-0.4, -0.2) is 9.97 Å². The Morgan fingerprint density at radius 3 is 2.47 bits per heavy atom. The van der Waals surface area contributed by atoms with Gasteiger partial charge in [0, 0.05) is 10.3 Å². The monoisotopic (exact) mass is 267 g/mol. The van der Waals surface area contributed by atoms with Crippen LogP contribution in [0.4, 0.5) is 0 Å². The molecule has 0 aromatic carbocycles. The van der Waals surface area contributed by atoms with Gasteiger partial charge in [-0.05, 0) is 19.8 Å². The molecule has 0 bridgehead atoms. The minimum absolute atomic E-state index is 0.0220. The van der Waals surface area contributed by atoms with Crippen LogP contribution >= 0.6 is 22.7 Å². The first-order chi connectivity index (χ1) is 7.99. The highest BCUT2D eigenvalue weighted by atomic mass is 32.1. The molecule has 0 aliphatic heterocycles. The summed E-state index contributed by atoms with van der Waals surface area (Å²) in [7, 11) is 0. The Bertz CT molecular complexity index is 514. The third-order valence-corrected chi connectivity index (χ3v) is 4.50. The number of nitrogens with two attached hydrogens (primary N) is 1. The molecule has 0 radical (unpaired) electrons. The first kappa shape index (κ1) is 12.7. The smallest absolute Gasteiger partial charge is 0.110 e. The lowest BCUT2D eigenvalue weighted by atomic mass is 10.1. The van der Waals surface area contributed by atoms with Crippen molar-refractivity contribution in [3.05, 3.63) is 20.3 Å². The molecule has 1 unspecified atom stereocenters. The molecular formula is C12H17N3S2. The van der Waals surface area contributed by atoms with E-state index in [1.165, 1.54) is 4.88 Å². The highest BCUT2D eigenvalue weighted by Crippen LogP contribution is 2.30. The van der Waals surface area contributed by atoms with Gasteiger partial charge in [-0.3, -0.25) is 0 Å². The fourth-order valence-electron chi connectivity index (χ4n) is 1.60. The van der Waals surface area contributed by atoms with Gasteiger partial charge in [0.05, 0.1) is 11.0 Å². The predicted molar refractivity (Wildman–Crippen MR) is 74.5 cm³/mol. The van der Waals surface area contributed by atoms with Crippen LogP contribution < -0.4 is 5.73 Å². The second-order valence-electron chi connectivity index (χ2n) is 4.48. The lowest BCUT2D eigenvalue weighted by molar-refractivity contribution is 0.512. The van der Waals surface area contributed by atoms with Crippen molar-refractivity contribution in [3.63, 3.8) is 0 Å². The van der Waals surface area contributed by atoms with Crippen LogP contribution in [0.5, 0.6) is 0 Å². The second kappa shape index (κ2) is 4.84. The number of aromatic nitrogens is 2. The minimum atomic E-state index is 0.0220. The summed E-state index contributed by atoms with van der Waals surface area (Å²) in [5, 5.41) is 4.14. The SMILES string of the molecule is Cc1nc(-c2csc(C(N)C(C)C)n2)c(C)s1. The van der Waals surface area contributed by atoms with Crippen molar-refractivity contribution >= 4 is 22.7 Å². The maximum absolute atomic E-state index is 6.10. The maximum Gasteiger partial charge on any atom is 0.110 e. The number of aryl methyl sites for hydroxylation is 2. The third-order valence-electron chi connectivity index (χ3n) is 2.67. The second-order valence-corrected chi connectivity index (χ2v) is 6.78. The third kappa shape index (κ3) is 2.56. The summed E-state index contributed by atoms with van der Waals surface area (Å²) in [6.07, 6.45) is 0. The van der Waals surface area contributed by atoms with Crippen LogP contribution in [0, 0.1) is 19.8 Å². The van der Waals surface area contributed by atoms with Gasteiger partial charge < -0.3 is 5.73 Å². The number of hydrogen-bond donors (Lipinski definition) is 1. The average molecular weight is 267 g/mol. The highest BCUT2D eigenvalue weighted by molar-refractivity contribution is 7.12. The van der Waals surface area contributed by atoms with Crippen LogP contribution in [0.1, 0.15) is 34.8 Å². The Kier molecular flexibility index (Phi) is 3.61. The van der Waals surface area contributed by atoms with Crippen molar-refractivity contribution < 1.29 is 0 Å². The molecule has 0 spiro atoms. The van der Waals surface area contributed by atoms with Gasteiger partial charge in [-0.1, -0.05) is 13.8 Å². The van der Waals surface area contributed by atoms with E-state index in [-0.39, 0.29) is 6.04 Å². The molecule has 2 rings (SSSR count). The first-order valence-corrected chi connectivity index (χ1v) is 7.34. The molecule has 2 heterocycles. The molecule has 0 fully saturated rings. The summed E-state index contributed by atoms with van der Waals surface area (Å²) >= 11 is 3.34. The van der Waals surface area contributed by atoms with E-state index in [9.17, 15) is 0 Å². The van der Waals surface area contributed by atoms with E-state index >= 15 is 0 Å². The lowest BCUT2D eigenvalue weighted by Gasteiger charge is -2.11. The summed E-state index contributed by atoms with van der Waals surface area (Å²) in [4.78, 5) is 10.4. The van der Waals surface area contributed by atoms with Gasteiger partial charge in [0.25, 0.3) is 0 Å². The van der Waals surface area contributed by atoms with Crippen LogP contribution in [0.3, 0.4) is 0 Å². The average Bonchev–Trinajstić information content (AvgIpc) is 2.83. The Morgan fingerprint density at radius 2 is 1.94 bits per heavy atom. The zero-order chi connectivity index (χ0) is 12.6. The molecule has 1 atom stereocenters. The number of thiazole rings is 2. The van der Waals surface area contributed by atoms with Gasteiger partial charge in [0.15, 0.2) is 0 Å². The fraction of sp³-hybridized carbons (Fsp3) is 0.500. The van der Waals surface area contributed by atoms with Crippen molar-refractivity contribution in [3.8, 4) is 11.4 Å². The van der Waals surface area contributed by atoms with E-state index in [0.29, 0.717) is 5.92 Å². The standard InChI is InChI=1S/C12H17N3S2/c1-6(2)10(13)12-15-9(5-16-12)11-7(3)17-8(4)14-11/h5-6,10H,13H2,1-4H3. The van der Waals surface area contributed by atoms with Gasteiger partial charge in [0.2, 0.25) is 0 Å². The predicted octanol–water partition coefficient (Wildman–Crippen LogP) is 3.54. The van der Waals surface area contributed by atoms with Gasteiger partial charge in [-0.2, -0.15) is 0 Å². The van der Waals surface area contributed by atoms with Crippen molar-refractivity contribution in [1.29, 1.82) is 0 Å². The van der Waals surface area contributed by atoms with Crippen LogP contribution in [0.15, 0.2) is 5.38 Å². The van der Waals surface area contributed by atoms with Gasteiger partial charge in [-0.25, -0.2) is 9.97 Å². The van der Waals surface area contributed by atoms with E-state index in [4.69, 9.17) is 5.73 Å². The summed E-state index contributed by atoms with van der Waals surface area (Å²) in [6, 6.07) is 0.0220. The topological polar surface area (TPSA) is 51.8 Å². The van der Waals surface area contributed by atoms with Crippen LogP contribution in [-0.2, 0) is 0 Å². The van der Waals surface area contributed by atoms with Crippen molar-refractivity contribution in [2.24, 2.45) is 11.7 Å². The molecule has 2 aromatic heterocycles. The van der Waals surface area contributed by atoms with E-state index in [1.807, 2.05) is 6.92 Å². The van der Waals surface area contributed by atoms with Crippen molar-refractivity contribution in [1.82, 2.24) is 9.97 Å². The van der Waals surface area contributed by atoms with Crippen molar-refractivity contribution in [2.75, 3.05) is 0 Å². The summed E-state index contributed by atoms with van der Waals surface area (Å²) < 4.78 is 0. The van der Waals surface area contributed by atoms with E-state index < -0.39 is 0 Å². The summed E-state index contributed by atoms with van der Waals surface area (Å²) in [6.45, 7) is 8.34. The molecule has 2 aromatic rings. The zero-order valence-electron chi connectivity index (χ0n) is 10.5. The first-order valence-electron chi connectivity index (χ1n) is 5.64. The van der Waals surface area contributed by atoms with Gasteiger partial charge in [0.1, 0.15) is 16.4 Å². The number of nitrogens with zero attached hydrogens (tertiary/aromatic N) is 2. The largest absolute Gasteiger partial charge is 0.322 e. The van der Waals surface area contributed by atoms with Crippen LogP contribution in [0.25, 0.3) is 11.4 Å². The number of hydrogen-bond acceptors (Lipinski definition) is 5. The molecule has 92 valence electrons. The molecule has 0 aliphatic rings. The van der Waals surface area contributed by atoms with Crippen molar-refractivity contribution in [2.45, 2.75) is 33.7 Å². The quantitative estimate of drug-likeness (QED) is 0.925. The lowest BCUT2D eigenvalue weighted by Crippen LogP contribution is -2.16. The maximum atomic E-state index is 6.10. The Hall–Kier alpha value is -0.780. The highest BCUT2D eigenvalue weighted by Gasteiger charge is 2.17. The molecule has 0 aliphatic carbocycles. The summed E-state index contributed by atoms with van der Waals surface area (Å²) in [5.74, 6) is 0.410. The van der Waals surface area contributed by atoms with E-state index in [2.05, 4.69) is 36.1 Å². The molecule has 3 nitrogen and oxygen atoms in total. The Morgan fingerprint density at radius 1 is 1.24 bits per heavy atom. The fourth-order valence-corrected chi connectivity index (χ4v) is 3.41. The molecule has 0 saturated carbocycles.